The number of halogens is 3. The van der Waals surface area contributed by atoms with Gasteiger partial charge in [-0.3, -0.25) is 4.72 Å². The van der Waals surface area contributed by atoms with Crippen LogP contribution in [0.4, 0.5) is 15.8 Å². The maximum Gasteiger partial charge on any atom is 0.262 e. The van der Waals surface area contributed by atoms with Crippen molar-refractivity contribution < 1.29 is 12.8 Å². The molecule has 4 nitrogen and oxygen atoms in total. The molecule has 0 bridgehead atoms. The van der Waals surface area contributed by atoms with E-state index in [1.54, 1.807) is 0 Å². The highest BCUT2D eigenvalue weighted by Gasteiger charge is 2.21. The van der Waals surface area contributed by atoms with Crippen molar-refractivity contribution in [1.29, 1.82) is 0 Å². The molecule has 2 aromatic rings. The van der Waals surface area contributed by atoms with Gasteiger partial charge in [-0.25, -0.2) is 12.8 Å². The predicted octanol–water partition coefficient (Wildman–Crippen LogP) is 3.82. The van der Waals surface area contributed by atoms with E-state index in [9.17, 15) is 12.8 Å². The van der Waals surface area contributed by atoms with E-state index >= 15 is 0 Å². The van der Waals surface area contributed by atoms with Crippen LogP contribution in [0.15, 0.2) is 35.2 Å². The first-order chi connectivity index (χ1) is 9.70. The average Bonchev–Trinajstić information content (AvgIpc) is 2.37. The molecule has 0 spiro atoms. The number of nitrogens with two attached hydrogens (primary N) is 1. The zero-order chi connectivity index (χ0) is 15.8. The lowest BCUT2D eigenvalue weighted by molar-refractivity contribution is 0.598. The smallest absolute Gasteiger partial charge is 0.262 e. The summed E-state index contributed by atoms with van der Waals surface area (Å²) < 4.78 is 40.5. The first-order valence-electron chi connectivity index (χ1n) is 5.74. The molecule has 2 rings (SSSR count). The van der Waals surface area contributed by atoms with Crippen LogP contribution in [0.25, 0.3) is 0 Å². The highest BCUT2D eigenvalue weighted by molar-refractivity contribution is 7.92. The third-order valence-electron chi connectivity index (χ3n) is 2.83. The Morgan fingerprint density at radius 1 is 1.14 bits per heavy atom. The maximum absolute atomic E-state index is 13.6. The Kier molecular flexibility index (Phi) is 4.32. The second-order valence-electron chi connectivity index (χ2n) is 4.35. The summed E-state index contributed by atoms with van der Waals surface area (Å²) in [5, 5.41) is 0.376. The second-order valence-corrected chi connectivity index (χ2v) is 6.87. The highest BCUT2D eigenvalue weighted by Crippen LogP contribution is 2.29. The zero-order valence-corrected chi connectivity index (χ0v) is 13.2. The van der Waals surface area contributed by atoms with Gasteiger partial charge in [0.1, 0.15) is 5.82 Å². The summed E-state index contributed by atoms with van der Waals surface area (Å²) >= 11 is 11.6. The van der Waals surface area contributed by atoms with Crippen LogP contribution in [0.2, 0.25) is 10.0 Å². The molecular weight excluding hydrogens is 338 g/mol. The monoisotopic (exact) mass is 348 g/mol. The molecule has 21 heavy (non-hydrogen) atoms. The minimum Gasteiger partial charge on any atom is -0.398 e. The Labute approximate surface area is 131 Å². The molecular formula is C13H11Cl2FN2O2S. The van der Waals surface area contributed by atoms with E-state index in [-0.39, 0.29) is 26.3 Å². The van der Waals surface area contributed by atoms with Crippen molar-refractivity contribution in [2.24, 2.45) is 0 Å². The predicted molar refractivity (Wildman–Crippen MR) is 82.8 cm³/mol. The van der Waals surface area contributed by atoms with Gasteiger partial charge in [-0.15, -0.1) is 0 Å². The van der Waals surface area contributed by atoms with Crippen molar-refractivity contribution in [3.05, 3.63) is 51.8 Å². The molecule has 0 heterocycles. The van der Waals surface area contributed by atoms with Gasteiger partial charge in [-0.05, 0) is 42.8 Å². The van der Waals surface area contributed by atoms with Crippen molar-refractivity contribution >= 4 is 44.6 Å². The third-order valence-corrected chi connectivity index (χ3v) is 4.77. The van der Waals surface area contributed by atoms with Crippen LogP contribution >= 0.6 is 23.2 Å². The van der Waals surface area contributed by atoms with E-state index < -0.39 is 15.8 Å². The summed E-state index contributed by atoms with van der Waals surface area (Å²) in [4.78, 5) is -0.119. The van der Waals surface area contributed by atoms with E-state index in [1.807, 2.05) is 0 Å². The van der Waals surface area contributed by atoms with Crippen molar-refractivity contribution in [1.82, 2.24) is 0 Å². The van der Waals surface area contributed by atoms with Crippen LogP contribution < -0.4 is 10.5 Å². The van der Waals surface area contributed by atoms with Gasteiger partial charge in [0.2, 0.25) is 0 Å². The van der Waals surface area contributed by atoms with Crippen molar-refractivity contribution in [2.45, 2.75) is 11.8 Å². The lowest BCUT2D eigenvalue weighted by Gasteiger charge is -2.13. The summed E-state index contributed by atoms with van der Waals surface area (Å²) in [6, 6.07) is 6.25. The van der Waals surface area contributed by atoms with Gasteiger partial charge in [0.25, 0.3) is 10.0 Å². The molecule has 0 atom stereocenters. The Hall–Kier alpha value is -1.50. The molecule has 0 amide bonds. The van der Waals surface area contributed by atoms with Gasteiger partial charge in [0.15, 0.2) is 0 Å². The molecule has 0 fully saturated rings. The van der Waals surface area contributed by atoms with Crippen molar-refractivity contribution in [2.75, 3.05) is 10.5 Å². The van der Waals surface area contributed by atoms with E-state index in [2.05, 4.69) is 4.72 Å². The number of benzene rings is 2. The summed E-state index contributed by atoms with van der Waals surface area (Å²) in [5.41, 5.74) is 6.00. The Bertz CT molecular complexity index is 810. The van der Waals surface area contributed by atoms with Gasteiger partial charge in [-0.1, -0.05) is 23.2 Å². The van der Waals surface area contributed by atoms with Crippen molar-refractivity contribution in [3.8, 4) is 0 Å². The Morgan fingerprint density at radius 2 is 1.81 bits per heavy atom. The number of anilines is 2. The SMILES string of the molecule is Cc1c(N)cc(Cl)cc1S(=O)(=O)Nc1cc(Cl)ccc1F. The standard InChI is InChI=1S/C13H11Cl2FN2O2S/c1-7-11(17)4-9(15)6-13(7)21(19,20)18-12-5-8(14)2-3-10(12)16/h2-6,18H,17H2,1H3. The number of rotatable bonds is 3. The summed E-state index contributed by atoms with van der Waals surface area (Å²) in [7, 11) is -4.04. The van der Waals surface area contributed by atoms with Crippen LogP contribution in [0.3, 0.4) is 0 Å². The fraction of sp³-hybridized carbons (Fsp3) is 0.0769. The molecule has 2 aromatic carbocycles. The molecule has 0 saturated carbocycles. The molecule has 0 unspecified atom stereocenters. The number of sulfonamides is 1. The molecule has 0 saturated heterocycles. The van der Waals surface area contributed by atoms with E-state index in [4.69, 9.17) is 28.9 Å². The van der Waals surface area contributed by atoms with Crippen LogP contribution in [-0.2, 0) is 10.0 Å². The van der Waals surface area contributed by atoms with Crippen LogP contribution in [0, 0.1) is 12.7 Å². The summed E-state index contributed by atoms with van der Waals surface area (Å²) in [5.74, 6) is -0.740. The fourth-order valence-corrected chi connectivity index (χ4v) is 3.55. The normalized spacial score (nSPS) is 11.4. The van der Waals surface area contributed by atoms with E-state index in [0.717, 1.165) is 6.07 Å². The average molecular weight is 349 g/mol. The van der Waals surface area contributed by atoms with Gasteiger partial charge >= 0.3 is 0 Å². The largest absolute Gasteiger partial charge is 0.398 e. The zero-order valence-electron chi connectivity index (χ0n) is 10.8. The molecule has 8 heteroatoms. The molecule has 0 aromatic heterocycles. The molecule has 0 aliphatic rings. The fourth-order valence-electron chi connectivity index (χ4n) is 1.73. The topological polar surface area (TPSA) is 72.2 Å². The Morgan fingerprint density at radius 3 is 2.48 bits per heavy atom. The quantitative estimate of drug-likeness (QED) is 0.828. The number of nitrogen functional groups attached to an aromatic ring is 1. The molecule has 0 aliphatic carbocycles. The first kappa shape index (κ1) is 15.9. The van der Waals surface area contributed by atoms with Gasteiger partial charge in [-0.2, -0.15) is 0 Å². The lowest BCUT2D eigenvalue weighted by atomic mass is 10.2. The van der Waals surface area contributed by atoms with Crippen LogP contribution in [-0.4, -0.2) is 8.42 Å². The number of hydrogen-bond donors (Lipinski definition) is 2. The molecule has 0 aliphatic heterocycles. The minimum atomic E-state index is -4.04. The van der Waals surface area contributed by atoms with E-state index in [0.29, 0.717) is 5.56 Å². The van der Waals surface area contributed by atoms with E-state index in [1.165, 1.54) is 31.2 Å². The van der Waals surface area contributed by atoms with Gasteiger partial charge in [0.05, 0.1) is 10.6 Å². The van der Waals surface area contributed by atoms with Crippen LogP contribution in [0.5, 0.6) is 0 Å². The van der Waals surface area contributed by atoms with Gasteiger partial charge in [0, 0.05) is 15.7 Å². The second kappa shape index (κ2) is 5.71. The van der Waals surface area contributed by atoms with Gasteiger partial charge < -0.3 is 5.73 Å². The summed E-state index contributed by atoms with van der Waals surface area (Å²) in [6.45, 7) is 1.54. The number of nitrogens with one attached hydrogen (secondary N) is 1. The molecule has 0 radical (unpaired) electrons. The molecule has 3 N–H and O–H groups in total. The minimum absolute atomic E-state index is 0.119. The molecule has 112 valence electrons. The Balaban J connectivity index is 2.51. The van der Waals surface area contributed by atoms with Crippen molar-refractivity contribution in [3.63, 3.8) is 0 Å². The maximum atomic E-state index is 13.6. The number of hydrogen-bond acceptors (Lipinski definition) is 3. The van der Waals surface area contributed by atoms with Crippen LogP contribution in [0.1, 0.15) is 5.56 Å². The third kappa shape index (κ3) is 3.40. The highest BCUT2D eigenvalue weighted by atomic mass is 35.5. The first-order valence-corrected chi connectivity index (χ1v) is 7.98. The lowest BCUT2D eigenvalue weighted by Crippen LogP contribution is -2.16. The summed E-state index contributed by atoms with van der Waals surface area (Å²) in [6.07, 6.45) is 0.